The predicted molar refractivity (Wildman–Crippen MR) is 221 cm³/mol. The monoisotopic (exact) mass is 904 g/mol. The van der Waals surface area contributed by atoms with Crippen LogP contribution in [0, 0.1) is 13.8 Å². The van der Waals surface area contributed by atoms with Crippen LogP contribution < -0.4 is 11.1 Å². The van der Waals surface area contributed by atoms with E-state index in [1.54, 1.807) is 57.2 Å². The number of benzene rings is 4. The minimum absolute atomic E-state index is 0. The van der Waals surface area contributed by atoms with E-state index in [1.807, 2.05) is 62.4 Å². The highest BCUT2D eigenvalue weighted by atomic mass is 79.9. The van der Waals surface area contributed by atoms with Crippen molar-refractivity contribution in [2.75, 3.05) is 13.1 Å². The number of amides is 1. The summed E-state index contributed by atoms with van der Waals surface area (Å²) >= 11 is 6.92. The maximum Gasteiger partial charge on any atom is 0.408 e. The number of sulfonamides is 2. The molecule has 2 atom stereocenters. The van der Waals surface area contributed by atoms with Crippen LogP contribution in [-0.2, 0) is 37.9 Å². The minimum Gasteiger partial charge on any atom is -0.444 e. The van der Waals surface area contributed by atoms with Crippen LogP contribution in [0.4, 0.5) is 4.79 Å². The SMILES string of the molecule is C.Cc1ccc(S(=O)(=O)N2CCC(N)c3ccc(Br)cc3C2)cc1.Cc1ccc(S(=O)(=O)N2CCC(NC(=O)OC(C)(C)C)c3ccc(Br)cc3C2)cc1. The smallest absolute Gasteiger partial charge is 0.408 e. The van der Waals surface area contributed by atoms with Crippen molar-refractivity contribution in [1.29, 1.82) is 0 Å². The Morgan fingerprint density at radius 3 is 1.61 bits per heavy atom. The van der Waals surface area contributed by atoms with Crippen LogP contribution in [0.3, 0.4) is 0 Å². The van der Waals surface area contributed by atoms with E-state index in [1.165, 1.54) is 8.61 Å². The van der Waals surface area contributed by atoms with Gasteiger partial charge in [0.25, 0.3) is 0 Å². The summed E-state index contributed by atoms with van der Waals surface area (Å²) in [6.07, 6.45) is 0.537. The minimum atomic E-state index is -3.66. The van der Waals surface area contributed by atoms with Gasteiger partial charge >= 0.3 is 6.09 Å². The van der Waals surface area contributed by atoms with Crippen molar-refractivity contribution in [2.45, 2.75) is 95.5 Å². The third kappa shape index (κ3) is 10.8. The molecule has 0 bridgehead atoms. The number of nitrogens with one attached hydrogen (secondary N) is 1. The topological polar surface area (TPSA) is 139 Å². The maximum absolute atomic E-state index is 13.3. The summed E-state index contributed by atoms with van der Waals surface area (Å²) in [6, 6.07) is 24.9. The molecular weight excluding hydrogens is 856 g/mol. The highest BCUT2D eigenvalue weighted by Crippen LogP contribution is 2.33. The second-order valence-electron chi connectivity index (χ2n) is 14.4. The number of hydrogen-bond acceptors (Lipinski definition) is 7. The maximum atomic E-state index is 13.3. The quantitative estimate of drug-likeness (QED) is 0.204. The number of carbonyl (C=O) groups excluding carboxylic acids is 1. The zero-order chi connectivity index (χ0) is 38.7. The summed E-state index contributed by atoms with van der Waals surface area (Å²) in [4.78, 5) is 13.0. The molecule has 4 aromatic carbocycles. The van der Waals surface area contributed by atoms with Crippen molar-refractivity contribution in [3.8, 4) is 0 Å². The van der Waals surface area contributed by atoms with E-state index in [0.717, 1.165) is 42.3 Å². The fourth-order valence-electron chi connectivity index (χ4n) is 6.26. The molecule has 0 fully saturated rings. The lowest BCUT2D eigenvalue weighted by Crippen LogP contribution is -2.36. The van der Waals surface area contributed by atoms with Gasteiger partial charge in [-0.15, -0.1) is 0 Å². The molecule has 2 aliphatic heterocycles. The number of nitrogens with two attached hydrogens (primary N) is 1. The average Bonchev–Trinajstić information content (AvgIpc) is 3.36. The van der Waals surface area contributed by atoms with Crippen molar-refractivity contribution in [2.24, 2.45) is 5.73 Å². The molecule has 2 heterocycles. The van der Waals surface area contributed by atoms with Gasteiger partial charge < -0.3 is 15.8 Å². The Morgan fingerprint density at radius 1 is 0.722 bits per heavy atom. The molecule has 1 amide bonds. The van der Waals surface area contributed by atoms with Crippen LogP contribution in [0.25, 0.3) is 0 Å². The van der Waals surface area contributed by atoms with E-state index >= 15 is 0 Å². The zero-order valence-corrected chi connectivity index (χ0v) is 35.3. The molecule has 4 aromatic rings. The van der Waals surface area contributed by atoms with E-state index in [-0.39, 0.29) is 37.5 Å². The number of carbonyl (C=O) groups is 1. The van der Waals surface area contributed by atoms with Gasteiger partial charge in [0, 0.05) is 41.2 Å². The lowest BCUT2D eigenvalue weighted by atomic mass is 9.99. The van der Waals surface area contributed by atoms with Gasteiger partial charge in [-0.25, -0.2) is 21.6 Å². The van der Waals surface area contributed by atoms with E-state index in [2.05, 4.69) is 37.2 Å². The Kier molecular flexibility index (Phi) is 14.4. The fourth-order valence-corrected chi connectivity index (χ4v) is 9.94. The van der Waals surface area contributed by atoms with Crippen LogP contribution in [0.15, 0.2) is 104 Å². The first kappa shape index (κ1) is 43.6. The van der Waals surface area contributed by atoms with Gasteiger partial charge in [0.1, 0.15) is 5.60 Å². The number of fused-ring (bicyclic) bond motifs is 2. The lowest BCUT2D eigenvalue weighted by Gasteiger charge is -2.24. The van der Waals surface area contributed by atoms with Crippen LogP contribution in [0.5, 0.6) is 0 Å². The zero-order valence-electron chi connectivity index (χ0n) is 30.5. The van der Waals surface area contributed by atoms with E-state index in [0.29, 0.717) is 30.8 Å². The summed E-state index contributed by atoms with van der Waals surface area (Å²) in [6.45, 7) is 10.6. The molecule has 0 aromatic heterocycles. The van der Waals surface area contributed by atoms with E-state index in [4.69, 9.17) is 10.5 Å². The molecule has 0 aliphatic carbocycles. The van der Waals surface area contributed by atoms with Gasteiger partial charge in [-0.2, -0.15) is 8.61 Å². The Hall–Kier alpha value is -3.11. The Labute approximate surface area is 337 Å². The summed E-state index contributed by atoms with van der Waals surface area (Å²) in [7, 11) is -7.18. The van der Waals surface area contributed by atoms with Crippen LogP contribution in [0.2, 0.25) is 0 Å². The highest BCUT2D eigenvalue weighted by Gasteiger charge is 2.32. The van der Waals surface area contributed by atoms with E-state index < -0.39 is 31.7 Å². The molecule has 6 rings (SSSR count). The third-order valence-electron chi connectivity index (χ3n) is 9.04. The molecule has 2 unspecified atom stereocenters. The molecule has 2 aliphatic rings. The number of rotatable bonds is 5. The number of ether oxygens (including phenoxy) is 1. The van der Waals surface area contributed by atoms with Gasteiger partial charge in [0.15, 0.2) is 0 Å². The molecule has 10 nitrogen and oxygen atoms in total. The largest absolute Gasteiger partial charge is 0.444 e. The summed E-state index contributed by atoms with van der Waals surface area (Å²) in [5.41, 5.74) is 11.4. The molecule has 0 saturated carbocycles. The fraction of sp³-hybridized carbons (Fsp3) is 0.375. The van der Waals surface area contributed by atoms with Gasteiger partial charge in [0.05, 0.1) is 15.8 Å². The molecule has 0 radical (unpaired) electrons. The number of alkyl carbamates (subject to hydrolysis) is 1. The van der Waals surface area contributed by atoms with Gasteiger partial charge in [0.2, 0.25) is 20.0 Å². The Bertz CT molecular complexity index is 2160. The predicted octanol–water partition coefficient (Wildman–Crippen LogP) is 8.91. The Morgan fingerprint density at radius 2 is 1.15 bits per heavy atom. The third-order valence-corrected chi connectivity index (χ3v) is 13.7. The lowest BCUT2D eigenvalue weighted by molar-refractivity contribution is 0.0501. The second-order valence-corrected chi connectivity index (χ2v) is 20.1. The number of halogens is 2. The summed E-state index contributed by atoms with van der Waals surface area (Å²) < 4.78 is 62.6. The standard InChI is InChI=1S/C22H27BrN2O4S.C17H19BrN2O2S.CH4/c1-15-5-8-18(9-6-15)30(27,28)25-12-11-20(24-21(26)29-22(2,3)4)19-10-7-17(23)13-16(19)14-25;1-12-2-5-15(6-3-12)23(21,22)20-9-8-17(19)16-7-4-14(18)10-13(16)11-20;/h5-10,13,20H,11-12,14H2,1-4H3,(H,24,26);2-7,10,17H,8-9,11,19H2,1H3;1H4. The molecule has 292 valence electrons. The summed E-state index contributed by atoms with van der Waals surface area (Å²) in [5.74, 6) is 0. The number of nitrogens with zero attached hydrogens (tertiary/aromatic N) is 2. The van der Waals surface area contributed by atoms with Crippen molar-refractivity contribution < 1.29 is 26.4 Å². The van der Waals surface area contributed by atoms with Crippen LogP contribution >= 0.6 is 31.9 Å². The highest BCUT2D eigenvalue weighted by molar-refractivity contribution is 9.10. The number of aryl methyl sites for hydroxylation is 2. The molecule has 14 heteroatoms. The van der Waals surface area contributed by atoms with Gasteiger partial charge in [-0.3, -0.25) is 0 Å². The average molecular weight is 907 g/mol. The van der Waals surface area contributed by atoms with Crippen molar-refractivity contribution in [1.82, 2.24) is 13.9 Å². The van der Waals surface area contributed by atoms with Crippen molar-refractivity contribution in [3.63, 3.8) is 0 Å². The van der Waals surface area contributed by atoms with Gasteiger partial charge in [-0.1, -0.05) is 86.8 Å². The molecule has 3 N–H and O–H groups in total. The number of hydrogen-bond donors (Lipinski definition) is 2. The first-order chi connectivity index (χ1) is 24.8. The second kappa shape index (κ2) is 17.8. The molecular formula is C40H50Br2N4O6S2. The first-order valence-corrected chi connectivity index (χ1v) is 21.8. The molecule has 0 spiro atoms. The normalized spacial score (nSPS) is 18.0. The van der Waals surface area contributed by atoms with Crippen molar-refractivity contribution in [3.05, 3.63) is 127 Å². The van der Waals surface area contributed by atoms with Crippen molar-refractivity contribution >= 4 is 58.0 Å². The first-order valence-electron chi connectivity index (χ1n) is 17.3. The molecule has 54 heavy (non-hydrogen) atoms. The Balaban J connectivity index is 0.000000244. The van der Waals surface area contributed by atoms with Crippen LogP contribution in [-0.4, -0.2) is 50.2 Å². The van der Waals surface area contributed by atoms with Gasteiger partial charge in [-0.05, 0) is 118 Å². The van der Waals surface area contributed by atoms with Crippen LogP contribution in [0.1, 0.15) is 86.5 Å². The molecule has 0 saturated heterocycles. The summed E-state index contributed by atoms with van der Waals surface area (Å²) in [5, 5.41) is 2.91. The van der Waals surface area contributed by atoms with E-state index in [9.17, 15) is 21.6 Å².